The summed E-state index contributed by atoms with van der Waals surface area (Å²) in [7, 11) is 0. The van der Waals surface area contributed by atoms with Crippen LogP contribution in [0.3, 0.4) is 0 Å². The molecule has 4 nitrogen and oxygen atoms in total. The van der Waals surface area contributed by atoms with Crippen LogP contribution in [0.25, 0.3) is 11.4 Å². The number of hydrogen-bond donors (Lipinski definition) is 0. The summed E-state index contributed by atoms with van der Waals surface area (Å²) in [4.78, 5) is 3.94. The number of nitriles is 1. The van der Waals surface area contributed by atoms with E-state index in [0.29, 0.717) is 6.42 Å². The van der Waals surface area contributed by atoms with Crippen molar-refractivity contribution in [3.8, 4) is 17.5 Å². The summed E-state index contributed by atoms with van der Waals surface area (Å²) in [5.41, 5.74) is 0.203. The van der Waals surface area contributed by atoms with Crippen molar-refractivity contribution in [1.82, 2.24) is 10.1 Å². The third-order valence-electron chi connectivity index (χ3n) is 2.04. The SMILES string of the molecule is N#CCCc1nc(-c2cc(F)cc(F)c2)no1. The summed E-state index contributed by atoms with van der Waals surface area (Å²) in [6, 6.07) is 4.93. The van der Waals surface area contributed by atoms with Gasteiger partial charge in [-0.3, -0.25) is 0 Å². The van der Waals surface area contributed by atoms with E-state index >= 15 is 0 Å². The summed E-state index contributed by atoms with van der Waals surface area (Å²) in [5, 5.41) is 12.0. The Morgan fingerprint density at radius 1 is 1.24 bits per heavy atom. The molecule has 0 fully saturated rings. The Bertz CT molecular complexity index is 554. The topological polar surface area (TPSA) is 62.7 Å². The van der Waals surface area contributed by atoms with Gasteiger partial charge in [-0.25, -0.2) is 8.78 Å². The fourth-order valence-electron chi connectivity index (χ4n) is 1.32. The maximum Gasteiger partial charge on any atom is 0.227 e. The van der Waals surface area contributed by atoms with E-state index in [-0.39, 0.29) is 23.7 Å². The molecule has 0 aliphatic carbocycles. The quantitative estimate of drug-likeness (QED) is 0.819. The lowest BCUT2D eigenvalue weighted by atomic mass is 10.2. The molecule has 0 aliphatic rings. The second kappa shape index (κ2) is 4.70. The molecule has 0 bridgehead atoms. The van der Waals surface area contributed by atoms with E-state index in [4.69, 9.17) is 9.78 Å². The van der Waals surface area contributed by atoms with Gasteiger partial charge in [-0.05, 0) is 12.1 Å². The molecule has 0 radical (unpaired) electrons. The highest BCUT2D eigenvalue weighted by molar-refractivity contribution is 5.54. The minimum absolute atomic E-state index is 0.108. The monoisotopic (exact) mass is 235 g/mol. The first-order valence-corrected chi connectivity index (χ1v) is 4.85. The predicted molar refractivity (Wildman–Crippen MR) is 53.6 cm³/mol. The molecule has 1 heterocycles. The fourth-order valence-corrected chi connectivity index (χ4v) is 1.32. The van der Waals surface area contributed by atoms with Crippen molar-refractivity contribution in [2.45, 2.75) is 12.8 Å². The minimum atomic E-state index is -0.705. The van der Waals surface area contributed by atoms with Gasteiger partial charge in [0.15, 0.2) is 0 Å². The summed E-state index contributed by atoms with van der Waals surface area (Å²) in [5.74, 6) is -1.03. The summed E-state index contributed by atoms with van der Waals surface area (Å²) in [6.07, 6.45) is 0.570. The lowest BCUT2D eigenvalue weighted by Gasteiger charge is -1.95. The molecule has 2 aromatic rings. The van der Waals surface area contributed by atoms with Gasteiger partial charge in [-0.2, -0.15) is 10.2 Å². The normalized spacial score (nSPS) is 10.2. The first-order valence-electron chi connectivity index (χ1n) is 4.85. The number of hydrogen-bond acceptors (Lipinski definition) is 4. The molecular weight excluding hydrogens is 228 g/mol. The number of aromatic nitrogens is 2. The van der Waals surface area contributed by atoms with Crippen LogP contribution in [0, 0.1) is 23.0 Å². The van der Waals surface area contributed by atoms with Gasteiger partial charge in [-0.15, -0.1) is 0 Å². The number of nitrogens with zero attached hydrogens (tertiary/aromatic N) is 3. The van der Waals surface area contributed by atoms with Gasteiger partial charge in [0.2, 0.25) is 11.7 Å². The first kappa shape index (κ1) is 11.2. The zero-order valence-electron chi connectivity index (χ0n) is 8.65. The Hall–Kier alpha value is -2.29. The van der Waals surface area contributed by atoms with Crippen molar-refractivity contribution < 1.29 is 13.3 Å². The number of aryl methyl sites for hydroxylation is 1. The molecule has 1 aromatic heterocycles. The molecule has 0 aliphatic heterocycles. The van der Waals surface area contributed by atoms with Gasteiger partial charge >= 0.3 is 0 Å². The summed E-state index contributed by atoms with van der Waals surface area (Å²) < 4.78 is 30.8. The summed E-state index contributed by atoms with van der Waals surface area (Å²) in [6.45, 7) is 0. The standard InChI is InChI=1S/C11H7F2N3O/c12-8-4-7(5-9(13)6-8)11-15-10(17-16-11)2-1-3-14/h4-6H,1-2H2. The van der Waals surface area contributed by atoms with Crippen LogP contribution in [-0.2, 0) is 6.42 Å². The highest BCUT2D eigenvalue weighted by Gasteiger charge is 2.10. The molecule has 86 valence electrons. The fraction of sp³-hybridized carbons (Fsp3) is 0.182. The Morgan fingerprint density at radius 3 is 2.59 bits per heavy atom. The largest absolute Gasteiger partial charge is 0.339 e. The van der Waals surface area contributed by atoms with Crippen molar-refractivity contribution in [3.05, 3.63) is 35.7 Å². The molecule has 17 heavy (non-hydrogen) atoms. The second-order valence-electron chi connectivity index (χ2n) is 3.33. The van der Waals surface area contributed by atoms with E-state index in [1.54, 1.807) is 0 Å². The number of rotatable bonds is 3. The molecule has 0 saturated heterocycles. The van der Waals surface area contributed by atoms with Crippen LogP contribution < -0.4 is 0 Å². The van der Waals surface area contributed by atoms with Crippen LogP contribution in [-0.4, -0.2) is 10.1 Å². The van der Waals surface area contributed by atoms with E-state index in [0.717, 1.165) is 18.2 Å². The van der Waals surface area contributed by atoms with Crippen molar-refractivity contribution in [1.29, 1.82) is 5.26 Å². The molecule has 0 N–H and O–H groups in total. The van der Waals surface area contributed by atoms with E-state index < -0.39 is 11.6 Å². The minimum Gasteiger partial charge on any atom is -0.339 e. The van der Waals surface area contributed by atoms with Crippen molar-refractivity contribution in [3.63, 3.8) is 0 Å². The highest BCUT2D eigenvalue weighted by atomic mass is 19.1. The van der Waals surface area contributed by atoms with Gasteiger partial charge in [0.25, 0.3) is 0 Å². The van der Waals surface area contributed by atoms with Gasteiger partial charge < -0.3 is 4.52 Å². The average molecular weight is 235 g/mol. The Morgan fingerprint density at radius 2 is 1.94 bits per heavy atom. The molecule has 6 heteroatoms. The zero-order chi connectivity index (χ0) is 12.3. The van der Waals surface area contributed by atoms with Crippen LogP contribution >= 0.6 is 0 Å². The molecule has 0 amide bonds. The van der Waals surface area contributed by atoms with Crippen LogP contribution in [0.15, 0.2) is 22.7 Å². The van der Waals surface area contributed by atoms with Gasteiger partial charge in [0, 0.05) is 24.5 Å². The molecule has 0 saturated carbocycles. The maximum atomic E-state index is 13.0. The van der Waals surface area contributed by atoms with E-state index in [9.17, 15) is 8.78 Å². The van der Waals surface area contributed by atoms with Crippen LogP contribution in [0.5, 0.6) is 0 Å². The number of benzene rings is 1. The molecule has 0 atom stereocenters. The van der Waals surface area contributed by atoms with E-state index in [2.05, 4.69) is 10.1 Å². The van der Waals surface area contributed by atoms with Crippen LogP contribution in [0.2, 0.25) is 0 Å². The Labute approximate surface area is 95.5 Å². The smallest absolute Gasteiger partial charge is 0.227 e. The highest BCUT2D eigenvalue weighted by Crippen LogP contribution is 2.18. The number of halogens is 2. The van der Waals surface area contributed by atoms with E-state index in [1.807, 2.05) is 6.07 Å². The van der Waals surface area contributed by atoms with E-state index in [1.165, 1.54) is 0 Å². The van der Waals surface area contributed by atoms with Gasteiger partial charge in [0.1, 0.15) is 11.6 Å². The van der Waals surface area contributed by atoms with Crippen molar-refractivity contribution in [2.24, 2.45) is 0 Å². The average Bonchev–Trinajstić information content (AvgIpc) is 2.73. The lowest BCUT2D eigenvalue weighted by Crippen LogP contribution is -1.87. The van der Waals surface area contributed by atoms with Crippen LogP contribution in [0.4, 0.5) is 8.78 Å². The molecule has 0 unspecified atom stereocenters. The lowest BCUT2D eigenvalue weighted by molar-refractivity contribution is 0.380. The van der Waals surface area contributed by atoms with Crippen molar-refractivity contribution >= 4 is 0 Å². The predicted octanol–water partition coefficient (Wildman–Crippen LogP) is 2.47. The Kier molecular flexibility index (Phi) is 3.10. The molecule has 2 rings (SSSR count). The third kappa shape index (κ3) is 2.64. The third-order valence-corrected chi connectivity index (χ3v) is 2.04. The van der Waals surface area contributed by atoms with Crippen LogP contribution in [0.1, 0.15) is 12.3 Å². The van der Waals surface area contributed by atoms with Gasteiger partial charge in [0.05, 0.1) is 6.07 Å². The zero-order valence-corrected chi connectivity index (χ0v) is 8.65. The molecule has 1 aromatic carbocycles. The molecular formula is C11H7F2N3O. The summed E-state index contributed by atoms with van der Waals surface area (Å²) >= 11 is 0. The van der Waals surface area contributed by atoms with Gasteiger partial charge in [-0.1, -0.05) is 5.16 Å². The molecule has 0 spiro atoms. The maximum absolute atomic E-state index is 13.0. The first-order chi connectivity index (χ1) is 8.19. The Balaban J connectivity index is 2.27. The van der Waals surface area contributed by atoms with Crippen molar-refractivity contribution in [2.75, 3.05) is 0 Å². The second-order valence-corrected chi connectivity index (χ2v) is 3.33.